The van der Waals surface area contributed by atoms with E-state index in [9.17, 15) is 32.3 Å². The topological polar surface area (TPSA) is 114 Å². The molecule has 0 aliphatic rings. The second-order valence-corrected chi connectivity index (χ2v) is 7.20. The molecule has 3 amide bonds. The van der Waals surface area contributed by atoms with Crippen molar-refractivity contribution in [2.24, 2.45) is 0 Å². The number of benzene rings is 2. The predicted molar refractivity (Wildman–Crippen MR) is 112 cm³/mol. The fraction of sp³-hybridized carbons (Fsp3) is 0.200. The zero-order valence-electron chi connectivity index (χ0n) is 16.6. The van der Waals surface area contributed by atoms with Crippen LogP contribution in [0, 0.1) is 0 Å². The molecule has 0 aromatic heterocycles. The Kier molecular flexibility index (Phi) is 9.06. The Bertz CT molecular complexity index is 1060. The summed E-state index contributed by atoms with van der Waals surface area (Å²) in [7, 11) is 0. The standard InChI is InChI=1S/C20H16Cl2F3N3O5/c21-13-4-2-1-3-12(13)19(32)28-27-16(29)7-8-18(31)33-10-17(30)26-15-9-11(20(23,24)25)5-6-14(15)22/h1-6,9H,7-8,10H2,(H,26,30)(H,27,29)(H,28,32). The molecule has 2 aromatic rings. The van der Waals surface area contributed by atoms with E-state index in [0.717, 1.165) is 12.1 Å². The third kappa shape index (κ3) is 8.28. The van der Waals surface area contributed by atoms with Gasteiger partial charge in [-0.2, -0.15) is 13.2 Å². The molecule has 0 spiro atoms. The Morgan fingerprint density at radius 2 is 1.58 bits per heavy atom. The van der Waals surface area contributed by atoms with Gasteiger partial charge < -0.3 is 10.1 Å². The van der Waals surface area contributed by atoms with Crippen molar-refractivity contribution in [2.45, 2.75) is 19.0 Å². The van der Waals surface area contributed by atoms with Crippen molar-refractivity contribution in [3.05, 3.63) is 63.6 Å². The van der Waals surface area contributed by atoms with Crippen molar-refractivity contribution in [3.8, 4) is 0 Å². The fourth-order valence-corrected chi connectivity index (χ4v) is 2.71. The van der Waals surface area contributed by atoms with Crippen molar-refractivity contribution < 1.29 is 37.1 Å². The number of amides is 3. The molecule has 0 aliphatic carbocycles. The first-order valence-corrected chi connectivity index (χ1v) is 9.89. The quantitative estimate of drug-likeness (QED) is 0.391. The smallest absolute Gasteiger partial charge is 0.416 e. The molecule has 3 N–H and O–H groups in total. The van der Waals surface area contributed by atoms with Crippen LogP contribution in [0.3, 0.4) is 0 Å². The lowest BCUT2D eigenvalue weighted by Gasteiger charge is -2.12. The van der Waals surface area contributed by atoms with E-state index in [4.69, 9.17) is 23.2 Å². The number of halogens is 5. The van der Waals surface area contributed by atoms with Crippen LogP contribution in [-0.4, -0.2) is 30.3 Å². The van der Waals surface area contributed by atoms with Crippen LogP contribution in [-0.2, 0) is 25.3 Å². The van der Waals surface area contributed by atoms with Gasteiger partial charge in [-0.05, 0) is 30.3 Å². The summed E-state index contributed by atoms with van der Waals surface area (Å²) in [5.41, 5.74) is 3.03. The molecule has 33 heavy (non-hydrogen) atoms. The normalized spacial score (nSPS) is 10.8. The number of hydrazine groups is 1. The van der Waals surface area contributed by atoms with Gasteiger partial charge >= 0.3 is 12.1 Å². The maximum absolute atomic E-state index is 12.8. The van der Waals surface area contributed by atoms with Gasteiger partial charge in [0.1, 0.15) is 0 Å². The lowest BCUT2D eigenvalue weighted by atomic mass is 10.2. The molecule has 0 saturated carbocycles. The van der Waals surface area contributed by atoms with Crippen molar-refractivity contribution in [1.29, 1.82) is 0 Å². The Morgan fingerprint density at radius 3 is 2.24 bits per heavy atom. The van der Waals surface area contributed by atoms with Gasteiger partial charge in [-0.1, -0.05) is 35.3 Å². The SMILES string of the molecule is O=C(CCC(=O)OCC(=O)Nc1cc(C(F)(F)F)ccc1Cl)NNC(=O)c1ccccc1Cl. The van der Waals surface area contributed by atoms with Crippen LogP contribution in [0.5, 0.6) is 0 Å². The first kappa shape index (κ1) is 25.9. The van der Waals surface area contributed by atoms with E-state index in [0.29, 0.717) is 6.07 Å². The van der Waals surface area contributed by atoms with Gasteiger partial charge in [0.25, 0.3) is 11.8 Å². The van der Waals surface area contributed by atoms with Crippen molar-refractivity contribution in [1.82, 2.24) is 10.9 Å². The minimum absolute atomic E-state index is 0.130. The fourth-order valence-electron chi connectivity index (χ4n) is 2.32. The summed E-state index contributed by atoms with van der Waals surface area (Å²) in [5.74, 6) is -3.23. The number of anilines is 1. The minimum Gasteiger partial charge on any atom is -0.456 e. The summed E-state index contributed by atoms with van der Waals surface area (Å²) in [6.45, 7) is -0.809. The van der Waals surface area contributed by atoms with Gasteiger partial charge in [0.15, 0.2) is 6.61 Å². The highest BCUT2D eigenvalue weighted by Gasteiger charge is 2.31. The molecule has 176 valence electrons. The van der Waals surface area contributed by atoms with Crippen molar-refractivity contribution >= 4 is 52.6 Å². The predicted octanol–water partition coefficient (Wildman–Crippen LogP) is 3.74. The third-order valence-corrected chi connectivity index (χ3v) is 4.58. The maximum atomic E-state index is 12.8. The Labute approximate surface area is 195 Å². The van der Waals surface area contributed by atoms with E-state index < -0.39 is 48.5 Å². The molecule has 0 radical (unpaired) electrons. The molecule has 8 nitrogen and oxygen atoms in total. The second-order valence-electron chi connectivity index (χ2n) is 6.38. The first-order chi connectivity index (χ1) is 15.5. The second kappa shape index (κ2) is 11.5. The number of hydrogen-bond donors (Lipinski definition) is 3. The van der Waals surface area contributed by atoms with Gasteiger partial charge in [-0.3, -0.25) is 30.0 Å². The maximum Gasteiger partial charge on any atom is 0.416 e. The zero-order chi connectivity index (χ0) is 24.6. The monoisotopic (exact) mass is 505 g/mol. The molecule has 0 heterocycles. The highest BCUT2D eigenvalue weighted by Crippen LogP contribution is 2.33. The summed E-state index contributed by atoms with van der Waals surface area (Å²) >= 11 is 11.6. The number of esters is 1. The van der Waals surface area contributed by atoms with E-state index in [1.807, 2.05) is 0 Å². The molecule has 2 rings (SSSR count). The Balaban J connectivity index is 1.73. The van der Waals surface area contributed by atoms with Gasteiger partial charge in [0.05, 0.1) is 33.3 Å². The number of hydrogen-bond acceptors (Lipinski definition) is 5. The summed E-state index contributed by atoms with van der Waals surface area (Å²) in [6.07, 6.45) is -5.43. The van der Waals surface area contributed by atoms with Crippen LogP contribution >= 0.6 is 23.2 Å². The Morgan fingerprint density at radius 1 is 0.879 bits per heavy atom. The minimum atomic E-state index is -4.63. The van der Waals surface area contributed by atoms with Crippen molar-refractivity contribution in [3.63, 3.8) is 0 Å². The molecule has 0 fully saturated rings. The lowest BCUT2D eigenvalue weighted by molar-refractivity contribution is -0.148. The molecule has 0 atom stereocenters. The first-order valence-electron chi connectivity index (χ1n) is 9.13. The van der Waals surface area contributed by atoms with E-state index in [1.54, 1.807) is 12.1 Å². The van der Waals surface area contributed by atoms with E-state index in [2.05, 4.69) is 20.9 Å². The summed E-state index contributed by atoms with van der Waals surface area (Å²) in [6, 6.07) is 8.50. The number of carbonyl (C=O) groups is 4. The van der Waals surface area contributed by atoms with Crippen LogP contribution in [0.15, 0.2) is 42.5 Å². The average molecular weight is 506 g/mol. The number of carbonyl (C=O) groups excluding carboxylic acids is 4. The molecule has 0 unspecified atom stereocenters. The van der Waals surface area contributed by atoms with Crippen molar-refractivity contribution in [2.75, 3.05) is 11.9 Å². The highest BCUT2D eigenvalue weighted by molar-refractivity contribution is 6.34. The summed E-state index contributed by atoms with van der Waals surface area (Å²) in [5, 5.41) is 2.15. The molecule has 2 aromatic carbocycles. The Hall–Kier alpha value is -3.31. The molecule has 13 heteroatoms. The highest BCUT2D eigenvalue weighted by atomic mass is 35.5. The van der Waals surface area contributed by atoms with Gasteiger partial charge in [-0.15, -0.1) is 0 Å². The number of alkyl halides is 3. The van der Waals surface area contributed by atoms with Gasteiger partial charge in [-0.25, -0.2) is 0 Å². The summed E-state index contributed by atoms with van der Waals surface area (Å²) < 4.78 is 42.9. The van der Waals surface area contributed by atoms with Crippen LogP contribution in [0.1, 0.15) is 28.8 Å². The number of nitrogens with one attached hydrogen (secondary N) is 3. The number of ether oxygens (including phenoxy) is 1. The lowest BCUT2D eigenvalue weighted by Crippen LogP contribution is -2.41. The molecular formula is C20H16Cl2F3N3O5. The molecule has 0 bridgehead atoms. The third-order valence-electron chi connectivity index (χ3n) is 3.92. The van der Waals surface area contributed by atoms with E-state index in [1.165, 1.54) is 12.1 Å². The molecule has 0 aliphatic heterocycles. The van der Waals surface area contributed by atoms with E-state index >= 15 is 0 Å². The molecule has 0 saturated heterocycles. The average Bonchev–Trinajstić information content (AvgIpc) is 2.75. The van der Waals surface area contributed by atoms with Crippen LogP contribution in [0.2, 0.25) is 10.0 Å². The summed E-state index contributed by atoms with van der Waals surface area (Å²) in [4.78, 5) is 47.2. The van der Waals surface area contributed by atoms with Crippen LogP contribution in [0.25, 0.3) is 0 Å². The zero-order valence-corrected chi connectivity index (χ0v) is 18.1. The van der Waals surface area contributed by atoms with Gasteiger partial charge in [0.2, 0.25) is 5.91 Å². The van der Waals surface area contributed by atoms with Crippen LogP contribution in [0.4, 0.5) is 18.9 Å². The molecular weight excluding hydrogens is 490 g/mol. The van der Waals surface area contributed by atoms with Gasteiger partial charge in [0, 0.05) is 6.42 Å². The van der Waals surface area contributed by atoms with Crippen LogP contribution < -0.4 is 16.2 Å². The largest absolute Gasteiger partial charge is 0.456 e. The van der Waals surface area contributed by atoms with E-state index in [-0.39, 0.29) is 27.7 Å². The number of rotatable bonds is 7.